The number of carbonyl (C=O) groups is 1. The van der Waals surface area contributed by atoms with Crippen LogP contribution in [-0.2, 0) is 11.2 Å². The van der Waals surface area contributed by atoms with Crippen LogP contribution in [0.4, 0.5) is 0 Å². The molecule has 0 fully saturated rings. The fourth-order valence-corrected chi connectivity index (χ4v) is 1.47. The Bertz CT molecular complexity index is 298. The molecule has 0 bridgehead atoms. The maximum Gasteiger partial charge on any atom is 0.304 e. The standard InChI is InChI=1S/C12H17NO2/c1-10(13-8-7-12(14)15)9-11-5-3-2-4-6-11/h2-6,10,13H,7-9H2,1H3,(H,14,15)/t10-/m1/s1. The molecule has 0 amide bonds. The highest BCUT2D eigenvalue weighted by Gasteiger charge is 2.03. The monoisotopic (exact) mass is 207 g/mol. The van der Waals surface area contributed by atoms with Crippen LogP contribution < -0.4 is 5.32 Å². The van der Waals surface area contributed by atoms with E-state index < -0.39 is 5.97 Å². The Morgan fingerprint density at radius 2 is 2.07 bits per heavy atom. The van der Waals surface area contributed by atoms with Gasteiger partial charge >= 0.3 is 5.97 Å². The van der Waals surface area contributed by atoms with E-state index in [0.717, 1.165) is 6.42 Å². The third-order valence-corrected chi connectivity index (χ3v) is 2.22. The molecule has 0 saturated carbocycles. The van der Waals surface area contributed by atoms with Crippen molar-refractivity contribution < 1.29 is 9.90 Å². The third-order valence-electron chi connectivity index (χ3n) is 2.22. The van der Waals surface area contributed by atoms with Gasteiger partial charge in [-0.05, 0) is 18.9 Å². The Labute approximate surface area is 90.1 Å². The number of aliphatic carboxylic acids is 1. The summed E-state index contributed by atoms with van der Waals surface area (Å²) in [6, 6.07) is 10.5. The lowest BCUT2D eigenvalue weighted by Gasteiger charge is -2.12. The molecule has 0 spiro atoms. The summed E-state index contributed by atoms with van der Waals surface area (Å²) in [6.07, 6.45) is 1.11. The molecule has 0 radical (unpaired) electrons. The van der Waals surface area contributed by atoms with Gasteiger partial charge in [-0.1, -0.05) is 30.3 Å². The van der Waals surface area contributed by atoms with E-state index in [0.29, 0.717) is 12.6 Å². The van der Waals surface area contributed by atoms with Crippen molar-refractivity contribution in [2.75, 3.05) is 6.54 Å². The van der Waals surface area contributed by atoms with Gasteiger partial charge in [0, 0.05) is 12.6 Å². The first kappa shape index (κ1) is 11.7. The summed E-state index contributed by atoms with van der Waals surface area (Å²) in [4.78, 5) is 10.3. The van der Waals surface area contributed by atoms with E-state index in [-0.39, 0.29) is 6.42 Å². The molecule has 1 atom stereocenters. The van der Waals surface area contributed by atoms with Crippen LogP contribution in [0, 0.1) is 0 Å². The summed E-state index contributed by atoms with van der Waals surface area (Å²) in [5.41, 5.74) is 1.27. The first-order valence-corrected chi connectivity index (χ1v) is 5.17. The van der Waals surface area contributed by atoms with E-state index in [1.54, 1.807) is 0 Å². The van der Waals surface area contributed by atoms with Crippen LogP contribution in [0.15, 0.2) is 30.3 Å². The molecule has 0 aromatic heterocycles. The zero-order valence-electron chi connectivity index (χ0n) is 8.94. The smallest absolute Gasteiger partial charge is 0.304 e. The quantitative estimate of drug-likeness (QED) is 0.746. The highest BCUT2D eigenvalue weighted by Crippen LogP contribution is 2.02. The number of rotatable bonds is 6. The van der Waals surface area contributed by atoms with Crippen molar-refractivity contribution in [3.8, 4) is 0 Å². The average Bonchev–Trinajstić information content (AvgIpc) is 2.18. The Morgan fingerprint density at radius 3 is 2.67 bits per heavy atom. The van der Waals surface area contributed by atoms with E-state index in [2.05, 4.69) is 24.4 Å². The highest BCUT2D eigenvalue weighted by atomic mass is 16.4. The zero-order valence-corrected chi connectivity index (χ0v) is 8.94. The number of nitrogens with one attached hydrogen (secondary N) is 1. The molecular weight excluding hydrogens is 190 g/mol. The number of carboxylic acid groups (broad SMARTS) is 1. The van der Waals surface area contributed by atoms with E-state index in [4.69, 9.17) is 5.11 Å². The van der Waals surface area contributed by atoms with E-state index in [1.165, 1.54) is 5.56 Å². The Balaban J connectivity index is 2.24. The van der Waals surface area contributed by atoms with Crippen molar-refractivity contribution in [3.63, 3.8) is 0 Å². The van der Waals surface area contributed by atoms with Crippen molar-refractivity contribution in [3.05, 3.63) is 35.9 Å². The SMILES string of the molecule is C[C@H](Cc1ccccc1)NCCC(=O)O. The van der Waals surface area contributed by atoms with E-state index in [9.17, 15) is 4.79 Å². The maximum absolute atomic E-state index is 10.3. The summed E-state index contributed by atoms with van der Waals surface area (Å²) in [7, 11) is 0. The Kier molecular flexibility index (Phi) is 4.84. The van der Waals surface area contributed by atoms with Gasteiger partial charge < -0.3 is 10.4 Å². The third kappa shape index (κ3) is 5.18. The lowest BCUT2D eigenvalue weighted by atomic mass is 10.1. The first-order valence-electron chi connectivity index (χ1n) is 5.17. The summed E-state index contributed by atoms with van der Waals surface area (Å²) in [5.74, 6) is -0.755. The average molecular weight is 207 g/mol. The predicted octanol–water partition coefficient (Wildman–Crippen LogP) is 1.68. The number of hydrogen-bond donors (Lipinski definition) is 2. The fourth-order valence-electron chi connectivity index (χ4n) is 1.47. The van der Waals surface area contributed by atoms with Crippen molar-refractivity contribution in [2.45, 2.75) is 25.8 Å². The van der Waals surface area contributed by atoms with Gasteiger partial charge in [0.1, 0.15) is 0 Å². The molecule has 1 aromatic rings. The molecule has 2 N–H and O–H groups in total. The van der Waals surface area contributed by atoms with Gasteiger partial charge in [0.25, 0.3) is 0 Å². The van der Waals surface area contributed by atoms with Gasteiger partial charge in [-0.3, -0.25) is 4.79 Å². The second-order valence-electron chi connectivity index (χ2n) is 3.69. The van der Waals surface area contributed by atoms with Gasteiger partial charge in [0.15, 0.2) is 0 Å². The van der Waals surface area contributed by atoms with Crippen LogP contribution >= 0.6 is 0 Å². The van der Waals surface area contributed by atoms with Gasteiger partial charge in [0.2, 0.25) is 0 Å². The molecule has 0 aliphatic rings. The molecule has 0 unspecified atom stereocenters. The van der Waals surface area contributed by atoms with Crippen LogP contribution in [0.1, 0.15) is 18.9 Å². The van der Waals surface area contributed by atoms with Gasteiger partial charge in [-0.2, -0.15) is 0 Å². The molecule has 3 heteroatoms. The Morgan fingerprint density at radius 1 is 1.40 bits per heavy atom. The fraction of sp³-hybridized carbons (Fsp3) is 0.417. The predicted molar refractivity (Wildman–Crippen MR) is 59.9 cm³/mol. The maximum atomic E-state index is 10.3. The van der Waals surface area contributed by atoms with Crippen molar-refractivity contribution >= 4 is 5.97 Å². The number of hydrogen-bond acceptors (Lipinski definition) is 2. The van der Waals surface area contributed by atoms with Crippen LogP contribution in [-0.4, -0.2) is 23.7 Å². The second kappa shape index (κ2) is 6.19. The van der Waals surface area contributed by atoms with Gasteiger partial charge in [-0.15, -0.1) is 0 Å². The van der Waals surface area contributed by atoms with Crippen LogP contribution in [0.5, 0.6) is 0 Å². The van der Waals surface area contributed by atoms with Crippen molar-refractivity contribution in [1.29, 1.82) is 0 Å². The van der Waals surface area contributed by atoms with Crippen LogP contribution in [0.3, 0.4) is 0 Å². The number of benzene rings is 1. The first-order chi connectivity index (χ1) is 7.18. The van der Waals surface area contributed by atoms with E-state index >= 15 is 0 Å². The summed E-state index contributed by atoms with van der Waals surface area (Å²) in [5, 5.41) is 11.7. The summed E-state index contributed by atoms with van der Waals surface area (Å²) in [6.45, 7) is 2.60. The van der Waals surface area contributed by atoms with Gasteiger partial charge in [0.05, 0.1) is 6.42 Å². The second-order valence-corrected chi connectivity index (χ2v) is 3.69. The molecule has 15 heavy (non-hydrogen) atoms. The molecule has 0 saturated heterocycles. The largest absolute Gasteiger partial charge is 0.481 e. The van der Waals surface area contributed by atoms with Crippen LogP contribution in [0.25, 0.3) is 0 Å². The molecule has 0 aliphatic carbocycles. The molecule has 3 nitrogen and oxygen atoms in total. The van der Waals surface area contributed by atoms with Crippen molar-refractivity contribution in [1.82, 2.24) is 5.32 Å². The minimum absolute atomic E-state index is 0.180. The minimum Gasteiger partial charge on any atom is -0.481 e. The van der Waals surface area contributed by atoms with Crippen molar-refractivity contribution in [2.24, 2.45) is 0 Å². The number of carboxylic acids is 1. The summed E-state index contributed by atoms with van der Waals surface area (Å²) < 4.78 is 0. The van der Waals surface area contributed by atoms with Crippen LogP contribution in [0.2, 0.25) is 0 Å². The zero-order chi connectivity index (χ0) is 11.1. The minimum atomic E-state index is -0.755. The lowest BCUT2D eigenvalue weighted by molar-refractivity contribution is -0.136. The van der Waals surface area contributed by atoms with E-state index in [1.807, 2.05) is 18.2 Å². The topological polar surface area (TPSA) is 49.3 Å². The molecule has 1 aromatic carbocycles. The molecular formula is C12H17NO2. The lowest BCUT2D eigenvalue weighted by Crippen LogP contribution is -2.30. The van der Waals surface area contributed by atoms with Gasteiger partial charge in [-0.25, -0.2) is 0 Å². The molecule has 0 aliphatic heterocycles. The molecule has 82 valence electrons. The highest BCUT2D eigenvalue weighted by molar-refractivity contribution is 5.66. The summed E-state index contributed by atoms with van der Waals surface area (Å²) >= 11 is 0. The molecule has 1 rings (SSSR count). The molecule has 0 heterocycles. The Hall–Kier alpha value is -1.35. The normalized spacial score (nSPS) is 12.3.